The summed E-state index contributed by atoms with van der Waals surface area (Å²) in [4.78, 5) is 3.48. The molecule has 72 valence electrons. The van der Waals surface area contributed by atoms with Crippen LogP contribution in [0.25, 0.3) is 0 Å². The van der Waals surface area contributed by atoms with Crippen molar-refractivity contribution in [1.82, 2.24) is 4.98 Å². The van der Waals surface area contributed by atoms with Crippen molar-refractivity contribution in [2.75, 3.05) is 12.8 Å². The van der Waals surface area contributed by atoms with Crippen LogP contribution in [0, 0.1) is 0 Å². The molecule has 1 heterocycles. The van der Waals surface area contributed by atoms with Crippen LogP contribution in [0.1, 0.15) is 12.1 Å². The van der Waals surface area contributed by atoms with Crippen LogP contribution in [0.2, 0.25) is 0 Å². The zero-order valence-electron chi connectivity index (χ0n) is 6.72. The van der Waals surface area contributed by atoms with Crippen molar-refractivity contribution < 1.29 is 13.5 Å². The molecule has 0 unspecified atom stereocenters. The van der Waals surface area contributed by atoms with Crippen molar-refractivity contribution in [3.8, 4) is 5.75 Å². The number of halogens is 3. The van der Waals surface area contributed by atoms with Crippen LogP contribution in [0.3, 0.4) is 0 Å². The number of hydrogen-bond acceptors (Lipinski definition) is 3. The highest BCUT2D eigenvalue weighted by molar-refractivity contribution is 9.10. The molecule has 0 spiro atoms. The minimum Gasteiger partial charge on any atom is -0.493 e. The van der Waals surface area contributed by atoms with Gasteiger partial charge in [0.25, 0.3) is 6.43 Å². The zero-order chi connectivity index (χ0) is 10.0. The van der Waals surface area contributed by atoms with Crippen molar-refractivity contribution >= 4 is 21.6 Å². The molecule has 1 aromatic heterocycles. The first-order chi connectivity index (χ1) is 6.07. The number of nitrogens with zero attached hydrogens (tertiary/aromatic N) is 1. The van der Waals surface area contributed by atoms with Gasteiger partial charge in [-0.05, 0) is 15.9 Å². The van der Waals surface area contributed by atoms with E-state index in [1.807, 2.05) is 0 Å². The van der Waals surface area contributed by atoms with E-state index in [0.717, 1.165) is 0 Å². The minimum atomic E-state index is -2.69. The lowest BCUT2D eigenvalue weighted by atomic mass is 10.3. The number of nitrogen functional groups attached to an aromatic ring is 1. The Hall–Kier alpha value is -0.910. The SMILES string of the molecule is COc1c(Br)cnc(C(F)F)c1N. The summed E-state index contributed by atoms with van der Waals surface area (Å²) in [5.41, 5.74) is 4.81. The lowest BCUT2D eigenvalue weighted by Gasteiger charge is -2.09. The lowest BCUT2D eigenvalue weighted by molar-refractivity contribution is 0.146. The van der Waals surface area contributed by atoms with Gasteiger partial charge < -0.3 is 10.5 Å². The summed E-state index contributed by atoms with van der Waals surface area (Å²) < 4.78 is 29.8. The molecule has 0 amide bonds. The largest absolute Gasteiger partial charge is 0.493 e. The number of ether oxygens (including phenoxy) is 1. The maximum Gasteiger partial charge on any atom is 0.282 e. The topological polar surface area (TPSA) is 48.1 Å². The lowest BCUT2D eigenvalue weighted by Crippen LogP contribution is -2.02. The number of pyridine rings is 1. The predicted octanol–water partition coefficient (Wildman–Crippen LogP) is 2.37. The van der Waals surface area contributed by atoms with E-state index >= 15 is 0 Å². The Morgan fingerprint density at radius 2 is 2.23 bits per heavy atom. The zero-order valence-corrected chi connectivity index (χ0v) is 8.31. The number of aromatic nitrogens is 1. The summed E-state index contributed by atoms with van der Waals surface area (Å²) in [5.74, 6) is 0.185. The molecule has 0 bridgehead atoms. The highest BCUT2D eigenvalue weighted by Crippen LogP contribution is 2.35. The summed E-state index contributed by atoms with van der Waals surface area (Å²) in [5, 5.41) is 0. The minimum absolute atomic E-state index is 0.133. The van der Waals surface area contributed by atoms with Gasteiger partial charge >= 0.3 is 0 Å². The van der Waals surface area contributed by atoms with Crippen molar-refractivity contribution in [3.05, 3.63) is 16.4 Å². The number of nitrogens with two attached hydrogens (primary N) is 1. The fraction of sp³-hybridized carbons (Fsp3) is 0.286. The standard InChI is InChI=1S/C7H7BrF2N2O/c1-13-6-3(8)2-12-5(4(6)11)7(9)10/h2,7H,11H2,1H3. The molecular formula is C7H7BrF2N2O. The van der Waals surface area contributed by atoms with Gasteiger partial charge in [-0.25, -0.2) is 8.78 Å². The van der Waals surface area contributed by atoms with Gasteiger partial charge in [-0.15, -0.1) is 0 Å². The van der Waals surface area contributed by atoms with E-state index in [1.165, 1.54) is 13.3 Å². The molecule has 0 aliphatic heterocycles. The number of anilines is 1. The number of alkyl halides is 2. The fourth-order valence-corrected chi connectivity index (χ4v) is 1.36. The first kappa shape index (κ1) is 10.2. The van der Waals surface area contributed by atoms with E-state index in [9.17, 15) is 8.78 Å². The maximum absolute atomic E-state index is 12.3. The van der Waals surface area contributed by atoms with Gasteiger partial charge in [0.1, 0.15) is 11.4 Å². The number of hydrogen-bond donors (Lipinski definition) is 1. The van der Waals surface area contributed by atoms with Gasteiger partial charge in [0.05, 0.1) is 11.6 Å². The Morgan fingerprint density at radius 3 is 2.69 bits per heavy atom. The highest BCUT2D eigenvalue weighted by Gasteiger charge is 2.18. The van der Waals surface area contributed by atoms with Crippen LogP contribution in [0.15, 0.2) is 10.7 Å². The summed E-state index contributed by atoms with van der Waals surface area (Å²) >= 11 is 3.08. The molecule has 0 saturated heterocycles. The molecule has 3 nitrogen and oxygen atoms in total. The monoisotopic (exact) mass is 252 g/mol. The van der Waals surface area contributed by atoms with Gasteiger partial charge in [-0.1, -0.05) is 0 Å². The van der Waals surface area contributed by atoms with E-state index in [1.54, 1.807) is 0 Å². The van der Waals surface area contributed by atoms with Crippen molar-refractivity contribution in [3.63, 3.8) is 0 Å². The van der Waals surface area contributed by atoms with Crippen LogP contribution >= 0.6 is 15.9 Å². The fourth-order valence-electron chi connectivity index (χ4n) is 0.881. The molecule has 0 atom stereocenters. The van der Waals surface area contributed by atoms with Crippen LogP contribution in [0.4, 0.5) is 14.5 Å². The smallest absolute Gasteiger partial charge is 0.282 e. The van der Waals surface area contributed by atoms with Crippen molar-refractivity contribution in [1.29, 1.82) is 0 Å². The summed E-state index contributed by atoms with van der Waals surface area (Å²) in [7, 11) is 1.35. The molecule has 0 saturated carbocycles. The molecule has 2 N–H and O–H groups in total. The molecular weight excluding hydrogens is 246 g/mol. The third-order valence-corrected chi connectivity index (χ3v) is 2.03. The van der Waals surface area contributed by atoms with E-state index in [-0.39, 0.29) is 11.4 Å². The molecule has 0 aromatic carbocycles. The van der Waals surface area contributed by atoms with E-state index in [4.69, 9.17) is 10.5 Å². The van der Waals surface area contributed by atoms with E-state index in [2.05, 4.69) is 20.9 Å². The molecule has 1 aromatic rings. The Labute approximate surface area is 82.0 Å². The van der Waals surface area contributed by atoms with Gasteiger partial charge in [-0.3, -0.25) is 4.98 Å². The second-order valence-electron chi connectivity index (χ2n) is 2.24. The van der Waals surface area contributed by atoms with Crippen LogP contribution in [-0.2, 0) is 0 Å². The molecule has 6 heteroatoms. The second kappa shape index (κ2) is 3.87. The molecule has 1 rings (SSSR count). The summed E-state index contributed by atoms with van der Waals surface area (Å²) in [6.45, 7) is 0. The molecule has 0 fully saturated rings. The van der Waals surface area contributed by atoms with Gasteiger partial charge in [0.2, 0.25) is 0 Å². The van der Waals surface area contributed by atoms with Crippen LogP contribution in [-0.4, -0.2) is 12.1 Å². The second-order valence-corrected chi connectivity index (χ2v) is 3.09. The average molecular weight is 253 g/mol. The Kier molecular flexibility index (Phi) is 3.02. The van der Waals surface area contributed by atoms with Gasteiger partial charge in [0.15, 0.2) is 5.75 Å². The number of rotatable bonds is 2. The van der Waals surface area contributed by atoms with E-state index < -0.39 is 12.1 Å². The highest BCUT2D eigenvalue weighted by atomic mass is 79.9. The summed E-state index contributed by atoms with van der Waals surface area (Å²) in [6.07, 6.45) is -1.46. The Morgan fingerprint density at radius 1 is 1.62 bits per heavy atom. The molecule has 0 aliphatic carbocycles. The average Bonchev–Trinajstić information content (AvgIpc) is 2.04. The Balaban J connectivity index is 3.27. The van der Waals surface area contributed by atoms with Crippen molar-refractivity contribution in [2.24, 2.45) is 0 Å². The first-order valence-electron chi connectivity index (χ1n) is 3.34. The maximum atomic E-state index is 12.3. The molecule has 0 radical (unpaired) electrons. The number of methoxy groups -OCH3 is 1. The Bertz CT molecular complexity index is 320. The first-order valence-corrected chi connectivity index (χ1v) is 4.13. The quantitative estimate of drug-likeness (QED) is 0.880. The molecule has 13 heavy (non-hydrogen) atoms. The predicted molar refractivity (Wildman–Crippen MR) is 47.9 cm³/mol. The van der Waals surface area contributed by atoms with Crippen LogP contribution in [0.5, 0.6) is 5.75 Å². The normalized spacial score (nSPS) is 10.5. The third-order valence-electron chi connectivity index (χ3n) is 1.47. The molecule has 0 aliphatic rings. The van der Waals surface area contributed by atoms with Crippen molar-refractivity contribution in [2.45, 2.75) is 6.43 Å². The summed E-state index contributed by atoms with van der Waals surface area (Å²) in [6, 6.07) is 0. The van der Waals surface area contributed by atoms with E-state index in [0.29, 0.717) is 4.47 Å². The third kappa shape index (κ3) is 1.88. The van der Waals surface area contributed by atoms with Gasteiger partial charge in [-0.2, -0.15) is 0 Å². The van der Waals surface area contributed by atoms with Gasteiger partial charge in [0, 0.05) is 6.20 Å². The van der Waals surface area contributed by atoms with Crippen LogP contribution < -0.4 is 10.5 Å².